The summed E-state index contributed by atoms with van der Waals surface area (Å²) in [6, 6.07) is 0. The van der Waals surface area contributed by atoms with Crippen LogP contribution in [0.2, 0.25) is 0 Å². The van der Waals surface area contributed by atoms with E-state index in [0.717, 1.165) is 12.7 Å². The fourth-order valence-electron chi connectivity index (χ4n) is 1.47. The summed E-state index contributed by atoms with van der Waals surface area (Å²) in [5.74, 6) is 0.135. The average Bonchev–Trinajstić information content (AvgIpc) is 2.55. The molecule has 10 nitrogen and oxygen atoms in total. The van der Waals surface area contributed by atoms with Gasteiger partial charge in [0.1, 0.15) is 6.29 Å². The molecule has 0 atom stereocenters. The van der Waals surface area contributed by atoms with Crippen LogP contribution in [0.1, 0.15) is 33.1 Å². The first-order valence-electron chi connectivity index (χ1n) is 8.61. The second-order valence-corrected chi connectivity index (χ2v) is 7.44. The van der Waals surface area contributed by atoms with Crippen LogP contribution in [0.3, 0.4) is 0 Å². The number of amides is 2. The van der Waals surface area contributed by atoms with Gasteiger partial charge in [0.15, 0.2) is 0 Å². The third-order valence-corrected chi connectivity index (χ3v) is 2.72. The van der Waals surface area contributed by atoms with Crippen LogP contribution in [0.5, 0.6) is 0 Å². The predicted octanol–water partition coefficient (Wildman–Crippen LogP) is -0.219. The van der Waals surface area contributed by atoms with Crippen molar-refractivity contribution in [2.45, 2.75) is 33.1 Å². The smallest absolute Gasteiger partial charge is 0.261 e. The first kappa shape index (κ1) is 27.7. The number of ether oxygens (including phenoxy) is 2. The Balaban J connectivity index is 0. The molecule has 0 aliphatic rings. The maximum Gasteiger partial charge on any atom is 0.261 e. The van der Waals surface area contributed by atoms with Gasteiger partial charge in [-0.15, -0.1) is 0 Å². The van der Waals surface area contributed by atoms with Crippen LogP contribution in [0.25, 0.3) is 0 Å². The summed E-state index contributed by atoms with van der Waals surface area (Å²) in [4.78, 5) is 32.9. The normalized spacial score (nSPS) is 10.7. The van der Waals surface area contributed by atoms with Crippen molar-refractivity contribution in [2.24, 2.45) is 5.92 Å². The van der Waals surface area contributed by atoms with Gasteiger partial charge in [-0.2, -0.15) is 8.42 Å². The molecule has 0 fully saturated rings. The molecule has 27 heavy (non-hydrogen) atoms. The van der Waals surface area contributed by atoms with E-state index in [2.05, 4.69) is 10.6 Å². The Morgan fingerprint density at radius 1 is 1.04 bits per heavy atom. The van der Waals surface area contributed by atoms with E-state index >= 15 is 0 Å². The molecule has 160 valence electrons. The summed E-state index contributed by atoms with van der Waals surface area (Å²) >= 11 is 0. The van der Waals surface area contributed by atoms with E-state index in [1.807, 2.05) is 13.8 Å². The second kappa shape index (κ2) is 17.8. The molecule has 0 radical (unpaired) electrons. The predicted molar refractivity (Wildman–Crippen MR) is 99.9 cm³/mol. The molecule has 0 rings (SSSR count). The molecule has 0 heterocycles. The first-order chi connectivity index (χ1) is 12.6. The third kappa shape index (κ3) is 32.6. The first-order valence-corrected chi connectivity index (χ1v) is 10.5. The number of carbonyl (C=O) groups is 3. The fraction of sp³-hybridized carbons (Fsp3) is 0.812. The maximum atomic E-state index is 11.5. The van der Waals surface area contributed by atoms with Crippen molar-refractivity contribution >= 4 is 28.2 Å². The Morgan fingerprint density at radius 2 is 1.59 bits per heavy atom. The molecule has 0 saturated heterocycles. The molecule has 3 N–H and O–H groups in total. The van der Waals surface area contributed by atoms with E-state index in [0.29, 0.717) is 58.0 Å². The van der Waals surface area contributed by atoms with Crippen LogP contribution in [0, 0.1) is 5.92 Å². The highest BCUT2D eigenvalue weighted by Gasteiger charge is 2.06. The lowest BCUT2D eigenvalue weighted by Gasteiger charge is -2.08. The van der Waals surface area contributed by atoms with Crippen molar-refractivity contribution in [1.82, 2.24) is 10.6 Å². The zero-order valence-electron chi connectivity index (χ0n) is 16.2. The lowest BCUT2D eigenvalue weighted by atomic mass is 10.1. The fourth-order valence-corrected chi connectivity index (χ4v) is 1.47. The molecule has 0 aromatic heterocycles. The molecule has 0 saturated carbocycles. The highest BCUT2D eigenvalue weighted by Crippen LogP contribution is 2.02. The van der Waals surface area contributed by atoms with E-state index < -0.39 is 10.1 Å². The Labute approximate surface area is 161 Å². The van der Waals surface area contributed by atoms with Crippen LogP contribution in [0.15, 0.2) is 0 Å². The van der Waals surface area contributed by atoms with Gasteiger partial charge in [-0.25, -0.2) is 0 Å². The minimum Gasteiger partial charge on any atom is -0.379 e. The second-order valence-electron chi connectivity index (χ2n) is 5.97. The summed E-state index contributed by atoms with van der Waals surface area (Å²) in [6.45, 7) is 6.10. The van der Waals surface area contributed by atoms with Crippen molar-refractivity contribution in [2.75, 3.05) is 45.8 Å². The highest BCUT2D eigenvalue weighted by molar-refractivity contribution is 7.85. The monoisotopic (exact) mass is 412 g/mol. The molecule has 2 amide bonds. The van der Waals surface area contributed by atoms with Gasteiger partial charge in [0.25, 0.3) is 10.1 Å². The lowest BCUT2D eigenvalue weighted by molar-refractivity contribution is -0.126. The molecule has 11 heteroatoms. The van der Waals surface area contributed by atoms with Gasteiger partial charge in [0.2, 0.25) is 11.8 Å². The summed E-state index contributed by atoms with van der Waals surface area (Å²) in [7, 11) is -3.67. The van der Waals surface area contributed by atoms with Gasteiger partial charge >= 0.3 is 0 Å². The summed E-state index contributed by atoms with van der Waals surface area (Å²) in [5, 5.41) is 5.23. The van der Waals surface area contributed by atoms with E-state index in [4.69, 9.17) is 14.0 Å². The quantitative estimate of drug-likeness (QED) is 0.201. The number of hydrogen-bond donors (Lipinski definition) is 3. The molecular formula is C16H32N2O8S. The SMILES string of the molecule is CC(C)CCC(=O)NCC(=O)NCCOCCOCCC=O.CS(=O)(=O)O. The number of hydrogen-bond acceptors (Lipinski definition) is 7. The lowest BCUT2D eigenvalue weighted by Crippen LogP contribution is -2.38. The Kier molecular flexibility index (Phi) is 18.3. The van der Waals surface area contributed by atoms with Crippen LogP contribution < -0.4 is 10.6 Å². The number of carbonyl (C=O) groups excluding carboxylic acids is 3. The maximum absolute atomic E-state index is 11.5. The molecule has 0 aromatic rings. The van der Waals surface area contributed by atoms with Gasteiger partial charge in [0.05, 0.1) is 39.2 Å². The minimum absolute atomic E-state index is 0.00820. The molecule has 0 spiro atoms. The van der Waals surface area contributed by atoms with Crippen molar-refractivity contribution in [3.63, 3.8) is 0 Å². The van der Waals surface area contributed by atoms with E-state index in [-0.39, 0.29) is 18.4 Å². The molecule has 0 aliphatic carbocycles. The van der Waals surface area contributed by atoms with Crippen molar-refractivity contribution < 1.29 is 36.8 Å². The molecule has 0 aliphatic heterocycles. The van der Waals surface area contributed by atoms with Crippen LogP contribution >= 0.6 is 0 Å². The number of rotatable bonds is 14. The molecule has 0 aromatic carbocycles. The van der Waals surface area contributed by atoms with Crippen LogP contribution in [-0.2, 0) is 34.0 Å². The zero-order chi connectivity index (χ0) is 21.1. The van der Waals surface area contributed by atoms with Gasteiger partial charge in [-0.3, -0.25) is 14.1 Å². The molecule has 0 unspecified atom stereocenters. The molecule has 0 bridgehead atoms. The average molecular weight is 413 g/mol. The van der Waals surface area contributed by atoms with Crippen molar-refractivity contribution in [3.05, 3.63) is 0 Å². The van der Waals surface area contributed by atoms with Crippen LogP contribution in [0.4, 0.5) is 0 Å². The number of aldehydes is 1. The highest BCUT2D eigenvalue weighted by atomic mass is 32.2. The third-order valence-electron chi connectivity index (χ3n) is 2.72. The van der Waals surface area contributed by atoms with E-state index in [1.165, 1.54) is 0 Å². The summed E-state index contributed by atoms with van der Waals surface area (Å²) < 4.78 is 36.2. The van der Waals surface area contributed by atoms with Crippen molar-refractivity contribution in [1.29, 1.82) is 0 Å². The molecular weight excluding hydrogens is 380 g/mol. The Hall–Kier alpha value is -1.56. The topological polar surface area (TPSA) is 148 Å². The summed E-state index contributed by atoms with van der Waals surface area (Å²) in [6.07, 6.45) is 3.17. The van der Waals surface area contributed by atoms with Gasteiger partial charge in [0, 0.05) is 19.4 Å². The Morgan fingerprint density at radius 3 is 2.11 bits per heavy atom. The summed E-state index contributed by atoms with van der Waals surface area (Å²) in [5.41, 5.74) is 0. The van der Waals surface area contributed by atoms with Gasteiger partial charge in [-0.1, -0.05) is 13.8 Å². The largest absolute Gasteiger partial charge is 0.379 e. The Bertz CT molecular complexity index is 501. The van der Waals surface area contributed by atoms with Crippen molar-refractivity contribution in [3.8, 4) is 0 Å². The van der Waals surface area contributed by atoms with Crippen LogP contribution in [-0.4, -0.2) is 76.8 Å². The standard InChI is InChI=1S/C15H28N2O5.CH4O3S/c1-13(2)4-5-14(19)17-12-15(20)16-6-9-22-11-10-21-8-3-7-18;1-5(2,3)4/h7,13H,3-6,8-12H2,1-2H3,(H,16,20)(H,17,19);1H3,(H,2,3,4). The minimum atomic E-state index is -3.67. The van der Waals surface area contributed by atoms with Gasteiger partial charge < -0.3 is 24.9 Å². The zero-order valence-corrected chi connectivity index (χ0v) is 17.0. The van der Waals surface area contributed by atoms with E-state index in [9.17, 15) is 22.8 Å². The van der Waals surface area contributed by atoms with Gasteiger partial charge in [-0.05, 0) is 12.3 Å². The number of nitrogens with one attached hydrogen (secondary N) is 2. The van der Waals surface area contributed by atoms with E-state index in [1.54, 1.807) is 0 Å².